The molecule has 2 aliphatic rings. The predicted molar refractivity (Wildman–Crippen MR) is 284 cm³/mol. The Morgan fingerprint density at radius 1 is 0.803 bits per heavy atom. The highest BCUT2D eigenvalue weighted by molar-refractivity contribution is 5.80. The molecule has 0 bridgehead atoms. The molecule has 0 fully saturated rings. The number of imidazole rings is 2. The van der Waals surface area contributed by atoms with Crippen LogP contribution >= 0.6 is 0 Å². The minimum Gasteiger partial charge on any atom is -0.486 e. The van der Waals surface area contributed by atoms with E-state index in [-0.39, 0.29) is 25.5 Å². The molecule has 20 nitrogen and oxygen atoms in total. The fourth-order valence-electron chi connectivity index (χ4n) is 9.36. The van der Waals surface area contributed by atoms with Crippen LogP contribution in [-0.4, -0.2) is 131 Å². The van der Waals surface area contributed by atoms with Gasteiger partial charge in [-0.25, -0.2) is 34.7 Å². The molecule has 0 aliphatic carbocycles. The summed E-state index contributed by atoms with van der Waals surface area (Å²) in [5.41, 5.74) is 7.18. The van der Waals surface area contributed by atoms with Crippen molar-refractivity contribution in [2.24, 2.45) is 0 Å². The second kappa shape index (κ2) is 24.6. The van der Waals surface area contributed by atoms with Crippen LogP contribution in [-0.2, 0) is 29.0 Å². The zero-order valence-corrected chi connectivity index (χ0v) is 43.9. The van der Waals surface area contributed by atoms with E-state index in [1.165, 1.54) is 7.11 Å². The number of carbonyl (C=O) groups is 1. The average Bonchev–Trinajstić information content (AvgIpc) is 4.29. The van der Waals surface area contributed by atoms with Crippen LogP contribution in [0.5, 0.6) is 23.0 Å². The number of hydrogen-bond acceptors (Lipinski definition) is 16. The van der Waals surface area contributed by atoms with E-state index >= 15 is 0 Å². The monoisotopic (exact) mass is 1030 g/mol. The van der Waals surface area contributed by atoms with Gasteiger partial charge >= 0.3 is 6.09 Å². The number of nitrogens with zero attached hydrogens (tertiary/aromatic N) is 10. The number of amides is 1. The summed E-state index contributed by atoms with van der Waals surface area (Å²) >= 11 is 0. The van der Waals surface area contributed by atoms with Gasteiger partial charge in [0.15, 0.2) is 23.0 Å². The lowest BCUT2D eigenvalue weighted by Crippen LogP contribution is -2.52. The summed E-state index contributed by atoms with van der Waals surface area (Å²) in [6.07, 6.45) is 14.1. The van der Waals surface area contributed by atoms with Gasteiger partial charge in [-0.2, -0.15) is 0 Å². The summed E-state index contributed by atoms with van der Waals surface area (Å²) in [5, 5.41) is 14.4. The Kier molecular flexibility index (Phi) is 17.2. The van der Waals surface area contributed by atoms with E-state index in [2.05, 4.69) is 80.3 Å². The number of likely N-dealkylation sites (N-methyl/N-ethyl adjacent to an activating group) is 1. The van der Waals surface area contributed by atoms with Gasteiger partial charge in [0.25, 0.3) is 0 Å². The van der Waals surface area contributed by atoms with Crippen molar-refractivity contribution < 1.29 is 38.3 Å². The van der Waals surface area contributed by atoms with Crippen molar-refractivity contribution in [3.63, 3.8) is 0 Å². The first-order chi connectivity index (χ1) is 36.9. The van der Waals surface area contributed by atoms with E-state index < -0.39 is 11.6 Å². The molecule has 5 aromatic heterocycles. The number of carbonyl (C=O) groups excluding carboxylic acids is 1. The van der Waals surface area contributed by atoms with Crippen LogP contribution in [0.3, 0.4) is 0 Å². The Hall–Kier alpha value is -7.91. The average molecular weight is 1040 g/mol. The fourth-order valence-corrected chi connectivity index (χ4v) is 9.36. The predicted octanol–water partition coefficient (Wildman–Crippen LogP) is 7.81. The largest absolute Gasteiger partial charge is 0.486 e. The number of nitrogens with one attached hydrogen (secondary N) is 2. The second-order valence-corrected chi connectivity index (χ2v) is 19.5. The first-order valence-electron chi connectivity index (χ1n) is 25.4. The van der Waals surface area contributed by atoms with Gasteiger partial charge in [-0.15, -0.1) is 0 Å². The normalized spacial score (nSPS) is 13.6. The summed E-state index contributed by atoms with van der Waals surface area (Å²) < 4.78 is 36.9. The fraction of sp³-hybridized carbons (Fsp3) is 0.375. The lowest BCUT2D eigenvalue weighted by Gasteiger charge is -2.36. The van der Waals surface area contributed by atoms with Crippen LogP contribution in [0.25, 0.3) is 22.8 Å². The zero-order chi connectivity index (χ0) is 53.0. The van der Waals surface area contributed by atoms with Crippen molar-refractivity contribution in [3.05, 3.63) is 156 Å². The first kappa shape index (κ1) is 52.9. The Bertz CT molecular complexity index is 3170. The summed E-state index contributed by atoms with van der Waals surface area (Å²) in [6.45, 7) is 12.0. The molecule has 3 N–H and O–H groups in total. The molecule has 398 valence electrons. The molecular weight excluding hydrogens is 969 g/mol. The van der Waals surface area contributed by atoms with Crippen LogP contribution in [0, 0.1) is 13.8 Å². The van der Waals surface area contributed by atoms with Crippen molar-refractivity contribution in [2.75, 3.05) is 60.5 Å². The molecule has 0 spiro atoms. The van der Waals surface area contributed by atoms with E-state index in [9.17, 15) is 9.90 Å². The third-order valence-electron chi connectivity index (χ3n) is 13.0. The Morgan fingerprint density at radius 2 is 1.45 bits per heavy atom. The maximum atomic E-state index is 13.0. The highest BCUT2D eigenvalue weighted by Gasteiger charge is 2.31. The maximum absolute atomic E-state index is 13.0. The highest BCUT2D eigenvalue weighted by Crippen LogP contribution is 2.34. The van der Waals surface area contributed by atoms with E-state index in [1.807, 2.05) is 81.0 Å². The number of fused-ring (bicyclic) bond motifs is 3. The molecule has 10 rings (SSSR count). The van der Waals surface area contributed by atoms with Crippen LogP contribution < -0.4 is 24.3 Å². The molecule has 7 heterocycles. The SMILES string of the molecule is COC(=O)N(Cc1ccc2c(c1)OCCO2)CC(C)(C)NC(Cc1ccc2[nH]ccc2c1)c1cc(C)nc(-n2ccnc2)n1.Cc1cc(C(CCCO)N(C)CCOCc2ccc3c(c2)OCO3)nc(-n2ccnc2)n1. The van der Waals surface area contributed by atoms with Crippen molar-refractivity contribution in [3.8, 4) is 34.9 Å². The molecule has 0 saturated carbocycles. The molecule has 8 aromatic rings. The van der Waals surface area contributed by atoms with Gasteiger partial charge in [-0.1, -0.05) is 18.2 Å². The number of aryl methyl sites for hydroxylation is 2. The molecule has 2 atom stereocenters. The maximum Gasteiger partial charge on any atom is 0.409 e. The molecule has 0 saturated heterocycles. The minimum atomic E-state index is -0.543. The van der Waals surface area contributed by atoms with Gasteiger partial charge in [0.2, 0.25) is 18.7 Å². The van der Waals surface area contributed by atoms with Gasteiger partial charge in [-0.05, 0) is 131 Å². The van der Waals surface area contributed by atoms with E-state index in [0.717, 1.165) is 74.8 Å². The smallest absolute Gasteiger partial charge is 0.409 e. The summed E-state index contributed by atoms with van der Waals surface area (Å²) in [4.78, 5) is 47.4. The van der Waals surface area contributed by atoms with Gasteiger partial charge in [-0.3, -0.25) is 14.0 Å². The van der Waals surface area contributed by atoms with Crippen LogP contribution in [0.15, 0.2) is 116 Å². The molecule has 1 amide bonds. The molecule has 2 unspecified atom stereocenters. The van der Waals surface area contributed by atoms with Crippen LogP contribution in [0.1, 0.15) is 78.2 Å². The summed E-state index contributed by atoms with van der Waals surface area (Å²) in [7, 11) is 3.46. The van der Waals surface area contributed by atoms with Crippen LogP contribution in [0.4, 0.5) is 4.79 Å². The first-order valence-corrected chi connectivity index (χ1v) is 25.4. The second-order valence-electron chi connectivity index (χ2n) is 19.5. The third kappa shape index (κ3) is 13.7. The molecule has 0 radical (unpaired) electrons. The molecule has 2 aliphatic heterocycles. The summed E-state index contributed by atoms with van der Waals surface area (Å²) in [6, 6.07) is 24.0. The standard InChI is InChI=1S/C33H37N7O4.C23H29N5O4/c1-22-15-27(37-31(36-22)39-12-11-34-21-39)28(17-23-5-7-26-25(16-23)9-10-35-26)38-33(2,3)20-40(32(41)42-4)19-24-6-8-29-30(18-24)44-14-13-43-29;1-17-12-19(26-23(25-17)28-8-7-24-15-28)20(4-3-10-29)27(2)9-11-30-14-18-5-6-21-22(13-18)32-16-31-21/h5-12,15-16,18,21,28,35,38H,13-14,17,19-20H2,1-4H3;5-8,12-13,15,20,29H,3-4,9-11,14,16H2,1-2H3. The zero-order valence-electron chi connectivity index (χ0n) is 43.9. The number of benzene rings is 3. The van der Waals surface area contributed by atoms with E-state index in [4.69, 9.17) is 38.4 Å². The van der Waals surface area contributed by atoms with Crippen molar-refractivity contribution in [1.29, 1.82) is 0 Å². The number of aromatic amines is 1. The molecular formula is C56H66N12O8. The number of aliphatic hydroxyl groups excluding tert-OH is 1. The Labute approximate surface area is 442 Å². The number of H-pyrrole nitrogens is 1. The van der Waals surface area contributed by atoms with Crippen molar-refractivity contribution >= 4 is 17.0 Å². The Morgan fingerprint density at radius 3 is 2.16 bits per heavy atom. The summed E-state index contributed by atoms with van der Waals surface area (Å²) in [5.74, 6) is 4.08. The minimum absolute atomic E-state index is 0.0419. The number of hydrogen-bond donors (Lipinski definition) is 3. The van der Waals surface area contributed by atoms with Gasteiger partial charge in [0, 0.05) is 79.7 Å². The lowest BCUT2D eigenvalue weighted by molar-refractivity contribution is 0.0838. The van der Waals surface area contributed by atoms with Crippen LogP contribution in [0.2, 0.25) is 0 Å². The quantitative estimate of drug-likeness (QED) is 0.0586. The molecule has 76 heavy (non-hydrogen) atoms. The molecule has 20 heteroatoms. The number of ether oxygens (including phenoxy) is 6. The van der Waals surface area contributed by atoms with Crippen molar-refractivity contribution in [1.82, 2.24) is 59.1 Å². The number of aromatic nitrogens is 9. The molecule has 3 aromatic carbocycles. The number of aliphatic hydroxyl groups is 1. The number of rotatable bonds is 21. The Balaban J connectivity index is 0.000000195. The van der Waals surface area contributed by atoms with Gasteiger partial charge < -0.3 is 48.7 Å². The van der Waals surface area contributed by atoms with E-state index in [1.54, 1.807) is 39.1 Å². The third-order valence-corrected chi connectivity index (χ3v) is 13.0. The van der Waals surface area contributed by atoms with Gasteiger partial charge in [0.05, 0.1) is 43.8 Å². The van der Waals surface area contributed by atoms with Crippen molar-refractivity contribution in [2.45, 2.75) is 77.7 Å². The lowest BCUT2D eigenvalue weighted by atomic mass is 9.96. The number of methoxy groups -OCH3 is 1. The van der Waals surface area contributed by atoms with E-state index in [0.29, 0.717) is 75.8 Å². The topological polar surface area (TPSA) is 214 Å². The van der Waals surface area contributed by atoms with Gasteiger partial charge in [0.1, 0.15) is 25.9 Å². The highest BCUT2D eigenvalue weighted by atomic mass is 16.7.